The molecular weight excluding hydrogens is 453 g/mol. The smallest absolute Gasteiger partial charge is 0.341 e. The van der Waals surface area contributed by atoms with Gasteiger partial charge in [0.2, 0.25) is 10.0 Å². The molecule has 0 fully saturated rings. The number of ether oxygens (including phenoxy) is 2. The minimum Gasteiger partial charge on any atom is -0.496 e. The highest BCUT2D eigenvalue weighted by Crippen LogP contribution is 2.26. The van der Waals surface area contributed by atoms with E-state index < -0.39 is 27.4 Å². The first kappa shape index (κ1) is 22.3. The van der Waals surface area contributed by atoms with Gasteiger partial charge in [-0.1, -0.05) is 19.9 Å². The minimum atomic E-state index is -3.82. The fourth-order valence-corrected chi connectivity index (χ4v) is 4.63. The van der Waals surface area contributed by atoms with Gasteiger partial charge in [-0.05, 0) is 51.8 Å². The van der Waals surface area contributed by atoms with E-state index in [1.54, 1.807) is 32.0 Å². The molecule has 0 heterocycles. The van der Waals surface area contributed by atoms with E-state index in [1.807, 2.05) is 0 Å². The summed E-state index contributed by atoms with van der Waals surface area (Å²) in [5.74, 6) is -1.17. The second-order valence-electron chi connectivity index (χ2n) is 5.78. The second kappa shape index (κ2) is 9.49. The van der Waals surface area contributed by atoms with Crippen molar-refractivity contribution in [3.8, 4) is 5.75 Å². The van der Waals surface area contributed by atoms with Crippen LogP contribution in [0.4, 0.5) is 4.39 Å². The molecule has 0 N–H and O–H groups in total. The van der Waals surface area contributed by atoms with Gasteiger partial charge in [-0.25, -0.2) is 17.6 Å². The van der Waals surface area contributed by atoms with Crippen LogP contribution in [0.1, 0.15) is 29.8 Å². The van der Waals surface area contributed by atoms with E-state index in [4.69, 9.17) is 9.47 Å². The zero-order valence-electron chi connectivity index (χ0n) is 15.7. The summed E-state index contributed by atoms with van der Waals surface area (Å²) in [4.78, 5) is 12.2. The lowest BCUT2D eigenvalue weighted by atomic mass is 10.2. The molecule has 28 heavy (non-hydrogen) atoms. The van der Waals surface area contributed by atoms with E-state index in [2.05, 4.69) is 15.9 Å². The summed E-state index contributed by atoms with van der Waals surface area (Å²) in [5, 5.41) is 0. The molecule has 2 aromatic rings. The summed E-state index contributed by atoms with van der Waals surface area (Å²) in [7, 11) is -2.29. The van der Waals surface area contributed by atoms with Gasteiger partial charge in [0.25, 0.3) is 0 Å². The third-order valence-electron chi connectivity index (χ3n) is 4.09. The maximum absolute atomic E-state index is 14.1. The Kier molecular flexibility index (Phi) is 7.56. The molecular formula is C19H21BrFNO5S. The van der Waals surface area contributed by atoms with Crippen LogP contribution in [-0.4, -0.2) is 38.9 Å². The zero-order chi connectivity index (χ0) is 20.9. The molecule has 0 saturated heterocycles. The highest BCUT2D eigenvalue weighted by Gasteiger charge is 2.24. The number of nitrogens with zero attached hydrogens (tertiary/aromatic N) is 1. The summed E-state index contributed by atoms with van der Waals surface area (Å²) < 4.78 is 51.5. The van der Waals surface area contributed by atoms with Crippen molar-refractivity contribution in [2.75, 3.05) is 20.2 Å². The first-order valence-corrected chi connectivity index (χ1v) is 10.8. The highest BCUT2D eigenvalue weighted by atomic mass is 79.9. The topological polar surface area (TPSA) is 72.9 Å². The molecule has 0 aliphatic rings. The fourth-order valence-electron chi connectivity index (χ4n) is 2.56. The molecule has 2 rings (SSSR count). The molecule has 2 aromatic carbocycles. The van der Waals surface area contributed by atoms with Crippen molar-refractivity contribution in [3.63, 3.8) is 0 Å². The van der Waals surface area contributed by atoms with E-state index in [0.29, 0.717) is 15.8 Å². The summed E-state index contributed by atoms with van der Waals surface area (Å²) >= 11 is 3.33. The molecule has 0 radical (unpaired) electrons. The largest absolute Gasteiger partial charge is 0.496 e. The van der Waals surface area contributed by atoms with Gasteiger partial charge >= 0.3 is 5.97 Å². The van der Waals surface area contributed by atoms with Gasteiger partial charge in [0.15, 0.2) is 0 Å². The Morgan fingerprint density at radius 3 is 2.39 bits per heavy atom. The van der Waals surface area contributed by atoms with Crippen molar-refractivity contribution in [1.29, 1.82) is 0 Å². The highest BCUT2D eigenvalue weighted by molar-refractivity contribution is 9.10. The maximum Gasteiger partial charge on any atom is 0.341 e. The molecule has 152 valence electrons. The first-order chi connectivity index (χ1) is 13.2. The van der Waals surface area contributed by atoms with Crippen LogP contribution in [0, 0.1) is 5.82 Å². The molecule has 0 unspecified atom stereocenters. The van der Waals surface area contributed by atoms with E-state index in [-0.39, 0.29) is 24.6 Å². The molecule has 0 atom stereocenters. The average Bonchev–Trinajstić information content (AvgIpc) is 2.67. The third-order valence-corrected chi connectivity index (χ3v) is 6.75. The summed E-state index contributed by atoms with van der Waals surface area (Å²) in [6.45, 7) is 3.83. The molecule has 0 aliphatic heterocycles. The fraction of sp³-hybridized carbons (Fsp3) is 0.316. The monoisotopic (exact) mass is 473 g/mol. The lowest BCUT2D eigenvalue weighted by Crippen LogP contribution is -2.30. The van der Waals surface area contributed by atoms with Crippen LogP contribution in [0.25, 0.3) is 0 Å². The SMILES string of the molecule is CCN(CC)S(=O)(=O)c1ccc(F)c(C(=O)OCc2ccc(OC)c(Br)c2)c1. The van der Waals surface area contributed by atoms with Crippen LogP contribution >= 0.6 is 15.9 Å². The van der Waals surface area contributed by atoms with Gasteiger partial charge in [0.05, 0.1) is 22.0 Å². The Bertz CT molecular complexity index is 961. The number of hydrogen-bond donors (Lipinski definition) is 0. The summed E-state index contributed by atoms with van der Waals surface area (Å²) in [6.07, 6.45) is 0. The van der Waals surface area contributed by atoms with Crippen LogP contribution < -0.4 is 4.74 Å². The van der Waals surface area contributed by atoms with Gasteiger partial charge in [-0.3, -0.25) is 0 Å². The molecule has 0 aliphatic carbocycles. The first-order valence-electron chi connectivity index (χ1n) is 8.53. The van der Waals surface area contributed by atoms with E-state index in [0.717, 1.165) is 18.2 Å². The van der Waals surface area contributed by atoms with Crippen molar-refractivity contribution >= 4 is 31.9 Å². The molecule has 9 heteroatoms. The Morgan fingerprint density at radius 2 is 1.82 bits per heavy atom. The number of esters is 1. The molecule has 0 bridgehead atoms. The average molecular weight is 474 g/mol. The van der Waals surface area contributed by atoms with Gasteiger partial charge in [-0.2, -0.15) is 4.31 Å². The molecule has 0 saturated carbocycles. The molecule has 0 aromatic heterocycles. The quantitative estimate of drug-likeness (QED) is 0.542. The van der Waals surface area contributed by atoms with Crippen molar-refractivity contribution < 1.29 is 27.1 Å². The summed E-state index contributed by atoms with van der Waals surface area (Å²) in [6, 6.07) is 8.22. The van der Waals surface area contributed by atoms with Crippen LogP contribution in [0.2, 0.25) is 0 Å². The van der Waals surface area contributed by atoms with E-state index in [9.17, 15) is 17.6 Å². The number of hydrogen-bond acceptors (Lipinski definition) is 5. The zero-order valence-corrected chi connectivity index (χ0v) is 18.1. The lowest BCUT2D eigenvalue weighted by molar-refractivity contribution is 0.0467. The van der Waals surface area contributed by atoms with Crippen molar-refractivity contribution in [2.24, 2.45) is 0 Å². The number of carbonyl (C=O) groups excluding carboxylic acids is 1. The Morgan fingerprint density at radius 1 is 1.14 bits per heavy atom. The number of halogens is 2. The second-order valence-corrected chi connectivity index (χ2v) is 8.57. The molecule has 0 amide bonds. The van der Waals surface area contributed by atoms with Crippen molar-refractivity contribution in [3.05, 3.63) is 57.8 Å². The number of methoxy groups -OCH3 is 1. The minimum absolute atomic E-state index is 0.103. The van der Waals surface area contributed by atoms with E-state index >= 15 is 0 Å². The van der Waals surface area contributed by atoms with Crippen LogP contribution in [0.15, 0.2) is 45.8 Å². The van der Waals surface area contributed by atoms with Gasteiger partial charge in [0.1, 0.15) is 18.2 Å². The number of carbonyl (C=O) groups is 1. The Hall–Kier alpha value is -1.97. The maximum atomic E-state index is 14.1. The number of benzene rings is 2. The van der Waals surface area contributed by atoms with E-state index in [1.165, 1.54) is 11.4 Å². The Labute approximate surface area is 172 Å². The van der Waals surface area contributed by atoms with Gasteiger partial charge in [-0.15, -0.1) is 0 Å². The molecule has 0 spiro atoms. The molecule has 6 nitrogen and oxygen atoms in total. The van der Waals surface area contributed by atoms with Crippen molar-refractivity contribution in [2.45, 2.75) is 25.3 Å². The number of sulfonamides is 1. The Balaban J connectivity index is 2.22. The third kappa shape index (κ3) is 4.89. The summed E-state index contributed by atoms with van der Waals surface area (Å²) in [5.41, 5.74) is 0.231. The van der Waals surface area contributed by atoms with Crippen LogP contribution in [0.5, 0.6) is 5.75 Å². The number of rotatable bonds is 8. The van der Waals surface area contributed by atoms with Crippen LogP contribution in [-0.2, 0) is 21.4 Å². The van der Waals surface area contributed by atoms with Gasteiger partial charge < -0.3 is 9.47 Å². The lowest BCUT2D eigenvalue weighted by Gasteiger charge is -2.18. The van der Waals surface area contributed by atoms with Crippen LogP contribution in [0.3, 0.4) is 0 Å². The van der Waals surface area contributed by atoms with Crippen molar-refractivity contribution in [1.82, 2.24) is 4.31 Å². The predicted molar refractivity (Wildman–Crippen MR) is 106 cm³/mol. The normalized spacial score (nSPS) is 11.5. The standard InChI is InChI=1S/C19H21BrFNO5S/c1-4-22(5-2)28(24,25)14-7-8-17(21)15(11-14)19(23)27-12-13-6-9-18(26-3)16(20)10-13/h6-11H,4-5,12H2,1-3H3. The van der Waals surface area contributed by atoms with Gasteiger partial charge in [0, 0.05) is 13.1 Å². The predicted octanol–water partition coefficient (Wildman–Crippen LogP) is 3.98.